The highest BCUT2D eigenvalue weighted by molar-refractivity contribution is 5.75. The van der Waals surface area contributed by atoms with Crippen molar-refractivity contribution in [2.45, 2.75) is 71.1 Å². The highest BCUT2D eigenvalue weighted by Crippen LogP contribution is 2.01. The first kappa shape index (κ1) is 16.8. The van der Waals surface area contributed by atoms with Gasteiger partial charge < -0.3 is 10.4 Å². The molecule has 3 heteroatoms. The number of hydrogen-bond donors (Lipinski definition) is 2. The van der Waals surface area contributed by atoms with Crippen molar-refractivity contribution in [2.75, 3.05) is 13.1 Å². The lowest BCUT2D eigenvalue weighted by molar-refractivity contribution is -0.121. The first-order chi connectivity index (χ1) is 13.7. The molecule has 25 heavy (non-hydrogen) atoms. The minimum absolute atomic E-state index is 0.0770. The minimum Gasteiger partial charge on any atom is -0.395 e. The summed E-state index contributed by atoms with van der Waals surface area (Å²) in [6.45, 7) is -3.70. The number of hydrogen-bond acceptors (Lipinski definition) is 2. The van der Waals surface area contributed by atoms with Crippen LogP contribution >= 0.6 is 0 Å². The SMILES string of the molecule is [2H]C([2H])(O)C([2H])([2H])NC(=O)CCCC=CCC=CCC=CCC=CCCCCC. The third-order valence-corrected chi connectivity index (χ3v) is 3.49. The van der Waals surface area contributed by atoms with E-state index in [1.54, 1.807) is 0 Å². The van der Waals surface area contributed by atoms with E-state index in [-0.39, 0.29) is 6.42 Å². The highest BCUT2D eigenvalue weighted by atomic mass is 16.3. The standard InChI is InChI=1S/C22H37NO2/c1-2-3-4-5-6-7-8-9-10-11-12-13-14-15-16-17-18-19-22(25)23-20-21-24/h6-7,9-10,12-13,15-16,24H,2-5,8,11,14,17-21H2,1H3,(H,23,25)/i20D2,21D2. The lowest BCUT2D eigenvalue weighted by Crippen LogP contribution is -2.25. The molecular formula is C22H37NO2. The van der Waals surface area contributed by atoms with Gasteiger partial charge in [-0.15, -0.1) is 0 Å². The van der Waals surface area contributed by atoms with Gasteiger partial charge in [0.25, 0.3) is 0 Å². The fraction of sp³-hybridized carbons (Fsp3) is 0.591. The number of aliphatic hydroxyl groups is 1. The van der Waals surface area contributed by atoms with E-state index >= 15 is 0 Å². The molecule has 0 rings (SSSR count). The molecule has 0 unspecified atom stereocenters. The monoisotopic (exact) mass is 351 g/mol. The molecule has 0 atom stereocenters. The van der Waals surface area contributed by atoms with Crippen LogP contribution in [-0.2, 0) is 4.79 Å². The Hall–Kier alpha value is -1.61. The van der Waals surface area contributed by atoms with E-state index in [2.05, 4.69) is 43.4 Å². The third-order valence-electron chi connectivity index (χ3n) is 3.49. The Kier molecular flexibility index (Phi) is 13.8. The number of rotatable bonds is 16. The van der Waals surface area contributed by atoms with E-state index < -0.39 is 19.0 Å². The lowest BCUT2D eigenvalue weighted by Gasteiger charge is -2.00. The fourth-order valence-electron chi connectivity index (χ4n) is 2.10. The molecule has 0 aromatic heterocycles. The lowest BCUT2D eigenvalue weighted by atomic mass is 10.2. The van der Waals surface area contributed by atoms with E-state index in [1.165, 1.54) is 25.7 Å². The van der Waals surface area contributed by atoms with Gasteiger partial charge in [-0.25, -0.2) is 0 Å². The Morgan fingerprint density at radius 3 is 1.92 bits per heavy atom. The Bertz CT molecular complexity index is 550. The molecule has 0 bridgehead atoms. The summed E-state index contributed by atoms with van der Waals surface area (Å²) < 4.78 is 28.5. The van der Waals surface area contributed by atoms with Gasteiger partial charge in [0.2, 0.25) is 5.91 Å². The topological polar surface area (TPSA) is 49.3 Å². The van der Waals surface area contributed by atoms with Crippen LogP contribution in [0.3, 0.4) is 0 Å². The van der Waals surface area contributed by atoms with Gasteiger partial charge in [0.1, 0.15) is 0 Å². The Morgan fingerprint density at radius 1 is 0.880 bits per heavy atom. The number of allylic oxidation sites excluding steroid dienone is 8. The van der Waals surface area contributed by atoms with Crippen LogP contribution < -0.4 is 5.32 Å². The van der Waals surface area contributed by atoms with Gasteiger partial charge in [-0.3, -0.25) is 4.79 Å². The van der Waals surface area contributed by atoms with Crippen LogP contribution in [0.1, 0.15) is 76.6 Å². The van der Waals surface area contributed by atoms with Gasteiger partial charge in [0, 0.05) is 12.9 Å². The van der Waals surface area contributed by atoms with E-state index in [9.17, 15) is 4.79 Å². The summed E-state index contributed by atoms with van der Waals surface area (Å²) in [5, 5.41) is 10.9. The Balaban J connectivity index is 3.71. The van der Waals surface area contributed by atoms with Crippen LogP contribution in [0.2, 0.25) is 0 Å². The zero-order valence-electron chi connectivity index (χ0n) is 19.5. The molecule has 0 aromatic carbocycles. The molecule has 0 radical (unpaired) electrons. The van der Waals surface area contributed by atoms with Crippen LogP contribution in [0.5, 0.6) is 0 Å². The van der Waals surface area contributed by atoms with Crippen LogP contribution in [-0.4, -0.2) is 24.1 Å². The maximum atomic E-state index is 11.6. The second-order valence-electron chi connectivity index (χ2n) is 5.77. The molecule has 3 nitrogen and oxygen atoms in total. The number of amides is 1. The molecule has 0 saturated heterocycles. The van der Waals surface area contributed by atoms with Crippen molar-refractivity contribution in [3.8, 4) is 0 Å². The normalized spacial score (nSPS) is 15.8. The summed E-state index contributed by atoms with van der Waals surface area (Å²) in [4.78, 5) is 11.6. The van der Waals surface area contributed by atoms with Gasteiger partial charge >= 0.3 is 0 Å². The molecule has 0 heterocycles. The average molecular weight is 352 g/mol. The van der Waals surface area contributed by atoms with Crippen molar-refractivity contribution in [2.24, 2.45) is 0 Å². The molecule has 0 aliphatic heterocycles. The molecule has 142 valence electrons. The summed E-state index contributed by atoms with van der Waals surface area (Å²) in [7, 11) is 0. The quantitative estimate of drug-likeness (QED) is 0.295. The summed E-state index contributed by atoms with van der Waals surface area (Å²) in [6, 6.07) is 0. The summed E-state index contributed by atoms with van der Waals surface area (Å²) >= 11 is 0. The van der Waals surface area contributed by atoms with Crippen molar-refractivity contribution in [1.29, 1.82) is 0 Å². The first-order valence-corrected chi connectivity index (χ1v) is 9.34. The fourth-order valence-corrected chi connectivity index (χ4v) is 2.10. The van der Waals surface area contributed by atoms with E-state index in [0.717, 1.165) is 19.3 Å². The van der Waals surface area contributed by atoms with Gasteiger partial charge in [-0.2, -0.15) is 0 Å². The van der Waals surface area contributed by atoms with Gasteiger partial charge in [0.15, 0.2) is 0 Å². The first-order valence-electron chi connectivity index (χ1n) is 11.3. The second kappa shape index (κ2) is 20.4. The average Bonchev–Trinajstić information content (AvgIpc) is 2.63. The summed E-state index contributed by atoms with van der Waals surface area (Å²) in [5.74, 6) is -0.621. The van der Waals surface area contributed by atoms with Crippen molar-refractivity contribution < 1.29 is 15.4 Å². The molecule has 0 saturated carbocycles. The van der Waals surface area contributed by atoms with Crippen LogP contribution in [0, 0.1) is 0 Å². The van der Waals surface area contributed by atoms with Crippen molar-refractivity contribution >= 4 is 5.91 Å². The summed E-state index contributed by atoms with van der Waals surface area (Å²) in [5.41, 5.74) is 0. The number of nitrogens with one attached hydrogen (secondary N) is 1. The maximum Gasteiger partial charge on any atom is 0.220 e. The van der Waals surface area contributed by atoms with Crippen molar-refractivity contribution in [3.63, 3.8) is 0 Å². The van der Waals surface area contributed by atoms with E-state index in [4.69, 9.17) is 10.6 Å². The van der Waals surface area contributed by atoms with Gasteiger partial charge in [-0.05, 0) is 44.9 Å². The number of carbonyl (C=O) groups excluding carboxylic acids is 1. The van der Waals surface area contributed by atoms with Crippen molar-refractivity contribution in [1.82, 2.24) is 5.32 Å². The van der Waals surface area contributed by atoms with Gasteiger partial charge in [-0.1, -0.05) is 68.4 Å². The minimum atomic E-state index is -3.12. The van der Waals surface area contributed by atoms with Crippen LogP contribution in [0.15, 0.2) is 48.6 Å². The third kappa shape index (κ3) is 20.3. The largest absolute Gasteiger partial charge is 0.395 e. The Morgan fingerprint density at radius 2 is 1.40 bits per heavy atom. The maximum absolute atomic E-state index is 11.6. The molecule has 2 N–H and O–H groups in total. The molecule has 0 aliphatic rings. The zero-order valence-corrected chi connectivity index (χ0v) is 15.5. The Labute approximate surface area is 160 Å². The molecule has 0 fully saturated rings. The molecular weight excluding hydrogens is 310 g/mol. The number of unbranched alkanes of at least 4 members (excludes halogenated alkanes) is 4. The predicted molar refractivity (Wildman–Crippen MR) is 108 cm³/mol. The summed E-state index contributed by atoms with van der Waals surface area (Å²) in [6.07, 6.45) is 26.0. The van der Waals surface area contributed by atoms with E-state index in [0.29, 0.717) is 12.8 Å². The van der Waals surface area contributed by atoms with E-state index in [1.807, 2.05) is 17.5 Å². The predicted octanol–water partition coefficient (Wildman–Crippen LogP) is 5.24. The zero-order chi connectivity index (χ0) is 22.0. The van der Waals surface area contributed by atoms with Crippen molar-refractivity contribution in [3.05, 3.63) is 48.6 Å². The van der Waals surface area contributed by atoms with Crippen LogP contribution in [0.25, 0.3) is 0 Å². The van der Waals surface area contributed by atoms with Crippen LogP contribution in [0.4, 0.5) is 0 Å². The molecule has 0 spiro atoms. The highest BCUT2D eigenvalue weighted by Gasteiger charge is 1.97. The second-order valence-corrected chi connectivity index (χ2v) is 5.77. The molecule has 0 aliphatic carbocycles. The van der Waals surface area contributed by atoms with Gasteiger partial charge in [0.05, 0.1) is 12.0 Å². The smallest absolute Gasteiger partial charge is 0.220 e. The molecule has 0 aromatic rings. The molecule has 1 amide bonds. The number of carbonyl (C=O) groups is 1.